The molecule has 0 bridgehead atoms. The molecule has 184 valence electrons. The number of methoxy groups -OCH3 is 2. The van der Waals surface area contributed by atoms with Crippen molar-refractivity contribution < 1.29 is 44.2 Å². The number of phenolic OH excluding ortho intramolecular Hbond substituents is 4. The highest BCUT2D eigenvalue weighted by molar-refractivity contribution is 5.90. The molecule has 1 heterocycles. The predicted octanol–water partition coefficient (Wildman–Crippen LogP) is 4.04. The van der Waals surface area contributed by atoms with E-state index in [1.807, 2.05) is 0 Å². The summed E-state index contributed by atoms with van der Waals surface area (Å²) >= 11 is 0. The number of carbonyl (C=O) groups is 1. The van der Waals surface area contributed by atoms with Crippen LogP contribution in [-0.2, 0) is 11.2 Å². The van der Waals surface area contributed by atoms with Crippen LogP contribution >= 0.6 is 0 Å². The number of esters is 1. The molecule has 0 aliphatic carbocycles. The highest BCUT2D eigenvalue weighted by atomic mass is 16.6. The molecule has 35 heavy (non-hydrogen) atoms. The van der Waals surface area contributed by atoms with Gasteiger partial charge < -0.3 is 39.4 Å². The van der Waals surface area contributed by atoms with E-state index in [2.05, 4.69) is 0 Å². The molecule has 0 aromatic heterocycles. The van der Waals surface area contributed by atoms with Gasteiger partial charge in [-0.2, -0.15) is 0 Å². The summed E-state index contributed by atoms with van der Waals surface area (Å²) < 4.78 is 22.5. The number of benzene rings is 3. The lowest BCUT2D eigenvalue weighted by atomic mass is 9.93. The molecule has 9 heteroatoms. The van der Waals surface area contributed by atoms with Crippen molar-refractivity contribution in [2.45, 2.75) is 32.5 Å². The number of hydrogen-bond acceptors (Lipinski definition) is 9. The van der Waals surface area contributed by atoms with E-state index >= 15 is 0 Å². The van der Waals surface area contributed by atoms with E-state index in [0.717, 1.165) is 0 Å². The summed E-state index contributed by atoms with van der Waals surface area (Å²) in [5.74, 6) is -0.652. The maximum absolute atomic E-state index is 13.1. The number of aromatic hydroxyl groups is 4. The van der Waals surface area contributed by atoms with E-state index in [1.54, 1.807) is 13.8 Å². The summed E-state index contributed by atoms with van der Waals surface area (Å²) in [4.78, 5) is 13.1. The molecule has 9 nitrogen and oxygen atoms in total. The van der Waals surface area contributed by atoms with Gasteiger partial charge in [-0.15, -0.1) is 0 Å². The first-order valence-corrected chi connectivity index (χ1v) is 10.8. The molecular formula is C26H26O9. The molecule has 3 aromatic rings. The van der Waals surface area contributed by atoms with Crippen LogP contribution in [-0.4, -0.2) is 46.7 Å². The van der Waals surface area contributed by atoms with Gasteiger partial charge in [0, 0.05) is 29.7 Å². The molecular weight excluding hydrogens is 456 g/mol. The highest BCUT2D eigenvalue weighted by Gasteiger charge is 2.37. The van der Waals surface area contributed by atoms with Crippen LogP contribution in [0.2, 0.25) is 0 Å². The van der Waals surface area contributed by atoms with Gasteiger partial charge in [0.15, 0.2) is 17.6 Å². The van der Waals surface area contributed by atoms with Crippen molar-refractivity contribution >= 4 is 5.97 Å². The molecule has 0 amide bonds. The molecule has 0 radical (unpaired) electrons. The van der Waals surface area contributed by atoms with E-state index in [9.17, 15) is 25.2 Å². The summed E-state index contributed by atoms with van der Waals surface area (Å²) in [6.07, 6.45) is -1.71. The molecule has 1 aliphatic rings. The number of carbonyl (C=O) groups excluding carboxylic acids is 1. The van der Waals surface area contributed by atoms with Gasteiger partial charge in [0.1, 0.15) is 29.1 Å². The van der Waals surface area contributed by atoms with Gasteiger partial charge in [-0.25, -0.2) is 4.79 Å². The van der Waals surface area contributed by atoms with Gasteiger partial charge in [-0.1, -0.05) is 0 Å². The Balaban J connectivity index is 1.77. The molecule has 4 rings (SSSR count). The number of phenols is 4. The van der Waals surface area contributed by atoms with Gasteiger partial charge >= 0.3 is 5.97 Å². The Bertz CT molecular complexity index is 1250. The minimum atomic E-state index is -0.904. The summed E-state index contributed by atoms with van der Waals surface area (Å²) in [5, 5.41) is 40.7. The van der Waals surface area contributed by atoms with Crippen molar-refractivity contribution in [1.82, 2.24) is 0 Å². The zero-order valence-corrected chi connectivity index (χ0v) is 19.7. The quantitative estimate of drug-likeness (QED) is 0.397. The zero-order valence-electron chi connectivity index (χ0n) is 19.7. The molecule has 0 fully saturated rings. The minimum Gasteiger partial charge on any atom is -0.508 e. The second-order valence-corrected chi connectivity index (χ2v) is 8.36. The van der Waals surface area contributed by atoms with Gasteiger partial charge in [0.05, 0.1) is 19.8 Å². The fourth-order valence-corrected chi connectivity index (χ4v) is 4.19. The second kappa shape index (κ2) is 9.17. The molecule has 0 saturated carbocycles. The molecule has 2 unspecified atom stereocenters. The van der Waals surface area contributed by atoms with Gasteiger partial charge in [0.2, 0.25) is 5.75 Å². The van der Waals surface area contributed by atoms with Crippen molar-refractivity contribution in [3.8, 4) is 40.2 Å². The van der Waals surface area contributed by atoms with Crippen molar-refractivity contribution in [1.29, 1.82) is 0 Å². The lowest BCUT2D eigenvalue weighted by molar-refractivity contribution is -0.0189. The summed E-state index contributed by atoms with van der Waals surface area (Å²) in [5.41, 5.74) is 2.14. The number of aryl methyl sites for hydroxylation is 2. The fraction of sp³-hybridized carbons (Fsp3) is 0.269. The standard InChI is InChI=1S/C26H26O9/c1-12-5-15(6-13(2)23(12)29)26(31)35-22-11-17-18(28)9-16(27)10-19(17)34-25(22)14-7-20(32-3)24(30)21(8-14)33-4/h5-10,22,25,27-30H,11H2,1-4H3. The van der Waals surface area contributed by atoms with Gasteiger partial charge in [0.25, 0.3) is 0 Å². The molecule has 0 spiro atoms. The molecule has 4 N–H and O–H groups in total. The topological polar surface area (TPSA) is 135 Å². The third-order valence-electron chi connectivity index (χ3n) is 5.98. The first-order valence-electron chi connectivity index (χ1n) is 10.8. The van der Waals surface area contributed by atoms with Crippen LogP contribution in [0, 0.1) is 13.8 Å². The van der Waals surface area contributed by atoms with Gasteiger partial charge in [-0.05, 0) is 49.2 Å². The largest absolute Gasteiger partial charge is 0.508 e. The SMILES string of the molecule is COc1cc(C2Oc3cc(O)cc(O)c3CC2OC(=O)c2cc(C)c(O)c(C)c2)cc(OC)c1O. The Labute approximate surface area is 201 Å². The number of ether oxygens (including phenoxy) is 4. The molecule has 3 aromatic carbocycles. The van der Waals surface area contributed by atoms with E-state index in [0.29, 0.717) is 22.3 Å². The maximum atomic E-state index is 13.1. The fourth-order valence-electron chi connectivity index (χ4n) is 4.19. The maximum Gasteiger partial charge on any atom is 0.338 e. The zero-order chi connectivity index (χ0) is 25.4. The molecule has 2 atom stereocenters. The Morgan fingerprint density at radius 3 is 2.06 bits per heavy atom. The first-order chi connectivity index (χ1) is 16.6. The van der Waals surface area contributed by atoms with Crippen LogP contribution < -0.4 is 14.2 Å². The third kappa shape index (κ3) is 4.44. The summed E-state index contributed by atoms with van der Waals surface area (Å²) in [6.45, 7) is 3.36. The van der Waals surface area contributed by atoms with E-state index in [-0.39, 0.29) is 52.2 Å². The number of hydrogen-bond donors (Lipinski definition) is 4. The Kier molecular flexibility index (Phi) is 6.26. The highest BCUT2D eigenvalue weighted by Crippen LogP contribution is 2.46. The van der Waals surface area contributed by atoms with Crippen molar-refractivity contribution in [3.63, 3.8) is 0 Å². The van der Waals surface area contributed by atoms with Crippen LogP contribution in [0.4, 0.5) is 0 Å². The Hall–Kier alpha value is -4.27. The Morgan fingerprint density at radius 2 is 1.49 bits per heavy atom. The summed E-state index contributed by atoms with van der Waals surface area (Å²) in [7, 11) is 2.77. The first kappa shape index (κ1) is 23.9. The average molecular weight is 482 g/mol. The predicted molar refractivity (Wildman–Crippen MR) is 125 cm³/mol. The second-order valence-electron chi connectivity index (χ2n) is 8.36. The van der Waals surface area contributed by atoms with Crippen molar-refractivity contribution in [2.75, 3.05) is 14.2 Å². The van der Waals surface area contributed by atoms with E-state index < -0.39 is 18.2 Å². The van der Waals surface area contributed by atoms with E-state index in [1.165, 1.54) is 50.6 Å². The van der Waals surface area contributed by atoms with Crippen LogP contribution in [0.5, 0.6) is 40.2 Å². The molecule has 0 saturated heterocycles. The van der Waals surface area contributed by atoms with Crippen molar-refractivity contribution in [3.05, 3.63) is 64.2 Å². The van der Waals surface area contributed by atoms with Crippen molar-refractivity contribution in [2.24, 2.45) is 0 Å². The number of fused-ring (bicyclic) bond motifs is 1. The van der Waals surface area contributed by atoms with Crippen LogP contribution in [0.15, 0.2) is 36.4 Å². The normalized spacial score (nSPS) is 16.7. The number of rotatable bonds is 5. The van der Waals surface area contributed by atoms with Crippen LogP contribution in [0.3, 0.4) is 0 Å². The smallest absolute Gasteiger partial charge is 0.338 e. The minimum absolute atomic E-state index is 0.0827. The lowest BCUT2D eigenvalue weighted by Crippen LogP contribution is -2.35. The van der Waals surface area contributed by atoms with Crippen LogP contribution in [0.25, 0.3) is 0 Å². The monoisotopic (exact) mass is 482 g/mol. The van der Waals surface area contributed by atoms with Gasteiger partial charge in [-0.3, -0.25) is 0 Å². The molecule has 1 aliphatic heterocycles. The third-order valence-corrected chi connectivity index (χ3v) is 5.98. The van der Waals surface area contributed by atoms with E-state index in [4.69, 9.17) is 18.9 Å². The Morgan fingerprint density at radius 1 is 0.886 bits per heavy atom. The summed E-state index contributed by atoms with van der Waals surface area (Å²) in [6, 6.07) is 8.67. The van der Waals surface area contributed by atoms with Crippen LogP contribution in [0.1, 0.15) is 38.7 Å². The average Bonchev–Trinajstić information content (AvgIpc) is 2.82. The lowest BCUT2D eigenvalue weighted by Gasteiger charge is -2.34.